The van der Waals surface area contributed by atoms with Crippen LogP contribution in [0.3, 0.4) is 0 Å². The first-order chi connectivity index (χ1) is 12.8. The molecule has 4 N–H and O–H groups in total. The standard InChI is InChI=1S/C18H23N3O5S/c1-12-16(25-2)9-13(10-17(12)26-3)18(22)21-14-5-4-6-15(11-14)27(23,24)20-8-7-19/h4-6,9-11,20H,7-8,19H2,1-3H3,(H,21,22). The zero-order chi connectivity index (χ0) is 20.0. The first-order valence-electron chi connectivity index (χ1n) is 8.16. The number of amides is 1. The van der Waals surface area contributed by atoms with Crippen molar-refractivity contribution < 1.29 is 22.7 Å². The van der Waals surface area contributed by atoms with Gasteiger partial charge in [-0.2, -0.15) is 0 Å². The molecule has 0 unspecified atom stereocenters. The lowest BCUT2D eigenvalue weighted by Crippen LogP contribution is -2.29. The molecule has 27 heavy (non-hydrogen) atoms. The highest BCUT2D eigenvalue weighted by Crippen LogP contribution is 2.30. The molecule has 0 spiro atoms. The van der Waals surface area contributed by atoms with E-state index in [1.54, 1.807) is 24.3 Å². The molecule has 8 nitrogen and oxygen atoms in total. The van der Waals surface area contributed by atoms with Crippen LogP contribution in [0.15, 0.2) is 41.3 Å². The molecule has 0 aromatic heterocycles. The van der Waals surface area contributed by atoms with Gasteiger partial charge in [-0.25, -0.2) is 13.1 Å². The molecular formula is C18H23N3O5S. The maximum atomic E-state index is 12.6. The van der Waals surface area contributed by atoms with Crippen LogP contribution < -0.4 is 25.2 Å². The van der Waals surface area contributed by atoms with Gasteiger partial charge in [-0.1, -0.05) is 6.07 Å². The smallest absolute Gasteiger partial charge is 0.255 e. The molecule has 2 aromatic rings. The molecule has 0 aliphatic carbocycles. The number of nitrogens with one attached hydrogen (secondary N) is 2. The Morgan fingerprint density at radius 1 is 1.11 bits per heavy atom. The SMILES string of the molecule is COc1cc(C(=O)Nc2cccc(S(=O)(=O)NCCN)c2)cc(OC)c1C. The van der Waals surface area contributed by atoms with E-state index >= 15 is 0 Å². The van der Waals surface area contributed by atoms with Crippen LogP contribution in [0.2, 0.25) is 0 Å². The highest BCUT2D eigenvalue weighted by Gasteiger charge is 2.16. The van der Waals surface area contributed by atoms with E-state index in [4.69, 9.17) is 15.2 Å². The van der Waals surface area contributed by atoms with E-state index in [1.165, 1.54) is 26.4 Å². The first kappa shape index (κ1) is 20.7. The number of carbonyl (C=O) groups is 1. The van der Waals surface area contributed by atoms with E-state index in [0.717, 1.165) is 5.56 Å². The molecule has 0 bridgehead atoms. The normalized spacial score (nSPS) is 11.1. The van der Waals surface area contributed by atoms with Crippen LogP contribution in [0, 0.1) is 6.92 Å². The summed E-state index contributed by atoms with van der Waals surface area (Å²) >= 11 is 0. The molecule has 1 amide bonds. The monoisotopic (exact) mass is 393 g/mol. The number of nitrogens with two attached hydrogens (primary N) is 1. The number of benzene rings is 2. The van der Waals surface area contributed by atoms with Crippen LogP contribution >= 0.6 is 0 Å². The summed E-state index contributed by atoms with van der Waals surface area (Å²) in [6.45, 7) is 2.14. The molecule has 0 saturated carbocycles. The predicted molar refractivity (Wildman–Crippen MR) is 103 cm³/mol. The molecule has 2 aromatic carbocycles. The lowest BCUT2D eigenvalue weighted by molar-refractivity contribution is 0.102. The van der Waals surface area contributed by atoms with Crippen LogP contribution in [0.1, 0.15) is 15.9 Å². The van der Waals surface area contributed by atoms with Crippen LogP contribution in [-0.2, 0) is 10.0 Å². The van der Waals surface area contributed by atoms with E-state index in [-0.39, 0.29) is 18.0 Å². The Morgan fingerprint density at radius 3 is 2.30 bits per heavy atom. The molecule has 0 heterocycles. The maximum Gasteiger partial charge on any atom is 0.255 e. The molecular weight excluding hydrogens is 370 g/mol. The van der Waals surface area contributed by atoms with Crippen LogP contribution in [0.5, 0.6) is 11.5 Å². The number of hydrogen-bond acceptors (Lipinski definition) is 6. The van der Waals surface area contributed by atoms with Crippen LogP contribution in [0.25, 0.3) is 0 Å². The highest BCUT2D eigenvalue weighted by atomic mass is 32.2. The quantitative estimate of drug-likeness (QED) is 0.625. The molecule has 2 rings (SSSR count). The summed E-state index contributed by atoms with van der Waals surface area (Å²) in [4.78, 5) is 12.6. The number of anilines is 1. The van der Waals surface area contributed by atoms with E-state index < -0.39 is 15.9 Å². The van der Waals surface area contributed by atoms with Gasteiger partial charge >= 0.3 is 0 Å². The lowest BCUT2D eigenvalue weighted by Gasteiger charge is -2.13. The molecule has 9 heteroatoms. The van der Waals surface area contributed by atoms with E-state index in [9.17, 15) is 13.2 Å². The molecule has 0 radical (unpaired) electrons. The zero-order valence-electron chi connectivity index (χ0n) is 15.4. The van der Waals surface area contributed by atoms with Crippen molar-refractivity contribution in [3.05, 3.63) is 47.5 Å². The van der Waals surface area contributed by atoms with Crippen molar-refractivity contribution in [2.45, 2.75) is 11.8 Å². The number of sulfonamides is 1. The summed E-state index contributed by atoms with van der Waals surface area (Å²) < 4.78 is 37.3. The fourth-order valence-corrected chi connectivity index (χ4v) is 3.53. The van der Waals surface area contributed by atoms with E-state index in [1.807, 2.05) is 6.92 Å². The van der Waals surface area contributed by atoms with Crippen molar-refractivity contribution >= 4 is 21.6 Å². The number of hydrogen-bond donors (Lipinski definition) is 3. The second-order valence-corrected chi connectivity index (χ2v) is 7.44. The van der Waals surface area contributed by atoms with Crippen molar-refractivity contribution in [1.82, 2.24) is 4.72 Å². The summed E-state index contributed by atoms with van der Waals surface area (Å²) in [5.41, 5.74) is 6.77. The summed E-state index contributed by atoms with van der Waals surface area (Å²) in [5, 5.41) is 2.68. The number of carbonyl (C=O) groups excluding carboxylic acids is 1. The summed E-state index contributed by atoms with van der Waals surface area (Å²) in [6.07, 6.45) is 0. The predicted octanol–water partition coefficient (Wildman–Crippen LogP) is 1.50. The largest absolute Gasteiger partial charge is 0.496 e. The molecule has 0 saturated heterocycles. The first-order valence-corrected chi connectivity index (χ1v) is 9.64. The second kappa shape index (κ2) is 8.85. The molecule has 146 valence electrons. The number of rotatable bonds is 8. The summed E-state index contributed by atoms with van der Waals surface area (Å²) in [5.74, 6) is 0.611. The van der Waals surface area contributed by atoms with Crippen molar-refractivity contribution in [3.8, 4) is 11.5 Å². The Morgan fingerprint density at radius 2 is 1.74 bits per heavy atom. The average Bonchev–Trinajstić information content (AvgIpc) is 2.66. The van der Waals surface area contributed by atoms with Gasteiger partial charge in [0.1, 0.15) is 11.5 Å². The van der Waals surface area contributed by atoms with Crippen molar-refractivity contribution in [2.75, 3.05) is 32.6 Å². The van der Waals surface area contributed by atoms with E-state index in [0.29, 0.717) is 22.7 Å². The minimum Gasteiger partial charge on any atom is -0.496 e. The summed E-state index contributed by atoms with van der Waals surface area (Å²) in [7, 11) is -0.681. The Kier molecular flexibility index (Phi) is 6.78. The fraction of sp³-hybridized carbons (Fsp3) is 0.278. The van der Waals surface area contributed by atoms with Gasteiger partial charge in [0.25, 0.3) is 5.91 Å². The van der Waals surface area contributed by atoms with Gasteiger partial charge in [-0.05, 0) is 37.3 Å². The van der Waals surface area contributed by atoms with Gasteiger partial charge in [0.15, 0.2) is 0 Å². The third-order valence-corrected chi connectivity index (χ3v) is 5.31. The fourth-order valence-electron chi connectivity index (χ4n) is 2.44. The Hall–Kier alpha value is -2.62. The van der Waals surface area contributed by atoms with Crippen molar-refractivity contribution in [3.63, 3.8) is 0 Å². The van der Waals surface area contributed by atoms with Gasteiger partial charge in [-0.3, -0.25) is 4.79 Å². The van der Waals surface area contributed by atoms with Crippen LogP contribution in [-0.4, -0.2) is 41.6 Å². The number of ether oxygens (including phenoxy) is 2. The summed E-state index contributed by atoms with van der Waals surface area (Å²) in [6, 6.07) is 9.14. The van der Waals surface area contributed by atoms with Crippen LogP contribution in [0.4, 0.5) is 5.69 Å². The average molecular weight is 393 g/mol. The van der Waals surface area contributed by atoms with Gasteiger partial charge in [0.05, 0.1) is 19.1 Å². The minimum absolute atomic E-state index is 0.0350. The maximum absolute atomic E-state index is 12.6. The molecule has 0 aliphatic heterocycles. The third kappa shape index (κ3) is 4.97. The molecule has 0 fully saturated rings. The van der Waals surface area contributed by atoms with Gasteiger partial charge in [-0.15, -0.1) is 0 Å². The van der Waals surface area contributed by atoms with Gasteiger partial charge in [0.2, 0.25) is 10.0 Å². The highest BCUT2D eigenvalue weighted by molar-refractivity contribution is 7.89. The topological polar surface area (TPSA) is 120 Å². The van der Waals surface area contributed by atoms with Gasteiger partial charge < -0.3 is 20.5 Å². The Labute approximate surface area is 158 Å². The van der Waals surface area contributed by atoms with E-state index in [2.05, 4.69) is 10.0 Å². The number of methoxy groups -OCH3 is 2. The third-order valence-electron chi connectivity index (χ3n) is 3.85. The Balaban J connectivity index is 2.28. The Bertz CT molecular complexity index is 903. The molecule has 0 atom stereocenters. The lowest BCUT2D eigenvalue weighted by atomic mass is 10.1. The zero-order valence-corrected chi connectivity index (χ0v) is 16.2. The molecule has 0 aliphatic rings. The van der Waals surface area contributed by atoms with Crippen molar-refractivity contribution in [1.29, 1.82) is 0 Å². The minimum atomic E-state index is -3.69. The second-order valence-electron chi connectivity index (χ2n) is 5.67. The van der Waals surface area contributed by atoms with Gasteiger partial charge in [0, 0.05) is 29.9 Å². The van der Waals surface area contributed by atoms with Crippen molar-refractivity contribution in [2.24, 2.45) is 5.73 Å².